The summed E-state index contributed by atoms with van der Waals surface area (Å²) in [5.74, 6) is 0.0586. The highest BCUT2D eigenvalue weighted by atomic mass is 17.3. The quantitative estimate of drug-likeness (QED) is 0.456. The number of carbonyl (C=O) groups excluding carboxylic acids is 1. The van der Waals surface area contributed by atoms with Gasteiger partial charge in [0.05, 0.1) is 5.92 Å². The monoisotopic (exact) mass is 410 g/mol. The van der Waals surface area contributed by atoms with E-state index in [2.05, 4.69) is 27.7 Å². The third-order valence-corrected chi connectivity index (χ3v) is 7.94. The van der Waals surface area contributed by atoms with E-state index in [4.69, 9.17) is 24.0 Å². The molecule has 6 nitrogen and oxygen atoms in total. The molecular weight excluding hydrogens is 372 g/mol. The minimum atomic E-state index is -0.806. The smallest absolute Gasteiger partial charge is 0.311 e. The molecule has 8 atom stereocenters. The maximum atomic E-state index is 12.9. The minimum Gasteiger partial charge on any atom is -0.435 e. The van der Waals surface area contributed by atoms with Crippen molar-refractivity contribution in [1.29, 1.82) is 0 Å². The van der Waals surface area contributed by atoms with Crippen molar-refractivity contribution in [2.75, 3.05) is 0 Å². The van der Waals surface area contributed by atoms with E-state index < -0.39 is 24.0 Å². The van der Waals surface area contributed by atoms with Gasteiger partial charge >= 0.3 is 5.97 Å². The molecule has 2 bridgehead atoms. The lowest BCUT2D eigenvalue weighted by molar-refractivity contribution is -0.576. The van der Waals surface area contributed by atoms with Crippen LogP contribution in [0.25, 0.3) is 0 Å². The second-order valence-corrected chi connectivity index (χ2v) is 9.98. The Labute approximate surface area is 174 Å². The highest BCUT2D eigenvalue weighted by Gasteiger charge is 2.69. The van der Waals surface area contributed by atoms with Gasteiger partial charge in [0, 0.05) is 18.3 Å². The third kappa shape index (κ3) is 3.54. The molecule has 0 radical (unpaired) electrons. The molecule has 0 N–H and O–H groups in total. The lowest BCUT2D eigenvalue weighted by Gasteiger charge is -2.60. The second kappa shape index (κ2) is 8.10. The van der Waals surface area contributed by atoms with Crippen LogP contribution in [-0.2, 0) is 28.8 Å². The zero-order valence-corrected chi connectivity index (χ0v) is 18.6. The molecule has 4 aliphatic heterocycles. The van der Waals surface area contributed by atoms with Gasteiger partial charge in [-0.2, -0.15) is 0 Å². The van der Waals surface area contributed by atoms with Crippen LogP contribution in [0.4, 0.5) is 0 Å². The zero-order valence-electron chi connectivity index (χ0n) is 18.6. The minimum absolute atomic E-state index is 0.0313. The SMILES string of the molecule is CCCC(CCC)C(=O)O[C@H]1O[C@@H]2O[C@@]3(C)CC[C@H]4[C@H](C)CC[C@@H]([C@H]1C)[C@@]24OO3. The molecular formula is C23H38O6. The Bertz CT molecular complexity index is 604. The fraction of sp³-hybridized carbons (Fsp3) is 0.957. The molecule has 5 aliphatic rings. The molecule has 5 fully saturated rings. The van der Waals surface area contributed by atoms with Crippen molar-refractivity contribution < 1.29 is 28.8 Å². The summed E-state index contributed by atoms with van der Waals surface area (Å²) >= 11 is 0. The molecule has 1 saturated carbocycles. The van der Waals surface area contributed by atoms with Crippen molar-refractivity contribution in [3.63, 3.8) is 0 Å². The highest BCUT2D eigenvalue weighted by Crippen LogP contribution is 2.60. The molecule has 1 spiro atoms. The van der Waals surface area contributed by atoms with Gasteiger partial charge in [0.25, 0.3) is 0 Å². The van der Waals surface area contributed by atoms with E-state index in [0.29, 0.717) is 11.8 Å². The van der Waals surface area contributed by atoms with Crippen LogP contribution in [0.5, 0.6) is 0 Å². The number of esters is 1. The summed E-state index contributed by atoms with van der Waals surface area (Å²) in [6.07, 6.45) is 6.43. The van der Waals surface area contributed by atoms with E-state index in [-0.39, 0.29) is 23.7 Å². The average Bonchev–Trinajstić information content (AvgIpc) is 2.91. The van der Waals surface area contributed by atoms with Crippen molar-refractivity contribution in [2.24, 2.45) is 29.6 Å². The van der Waals surface area contributed by atoms with Crippen molar-refractivity contribution in [3.8, 4) is 0 Å². The fourth-order valence-corrected chi connectivity index (χ4v) is 6.29. The van der Waals surface area contributed by atoms with Crippen LogP contribution in [-0.4, -0.2) is 29.9 Å². The molecule has 0 unspecified atom stereocenters. The normalized spacial score (nSPS) is 46.3. The number of hydrogen-bond acceptors (Lipinski definition) is 6. The first-order valence-electron chi connectivity index (χ1n) is 11.7. The molecule has 0 amide bonds. The molecule has 166 valence electrons. The lowest BCUT2D eigenvalue weighted by Crippen LogP contribution is -2.70. The maximum absolute atomic E-state index is 12.9. The van der Waals surface area contributed by atoms with Crippen LogP contribution in [0.1, 0.15) is 86.0 Å². The van der Waals surface area contributed by atoms with Crippen LogP contribution >= 0.6 is 0 Å². The summed E-state index contributed by atoms with van der Waals surface area (Å²) < 4.78 is 18.7. The molecule has 0 aromatic heterocycles. The van der Waals surface area contributed by atoms with Crippen molar-refractivity contribution >= 4 is 5.97 Å². The van der Waals surface area contributed by atoms with E-state index in [1.807, 2.05) is 6.92 Å². The molecule has 4 saturated heterocycles. The molecule has 0 aromatic rings. The fourth-order valence-electron chi connectivity index (χ4n) is 6.29. The Balaban J connectivity index is 1.58. The summed E-state index contributed by atoms with van der Waals surface area (Å²) in [4.78, 5) is 24.9. The average molecular weight is 411 g/mol. The van der Waals surface area contributed by atoms with Crippen molar-refractivity contribution in [2.45, 2.75) is 110 Å². The lowest BCUT2D eigenvalue weighted by atomic mass is 9.58. The Morgan fingerprint density at radius 2 is 1.79 bits per heavy atom. The number of hydrogen-bond donors (Lipinski definition) is 0. The van der Waals surface area contributed by atoms with Gasteiger partial charge in [-0.15, -0.1) is 0 Å². The Morgan fingerprint density at radius 3 is 2.48 bits per heavy atom. The van der Waals surface area contributed by atoms with Crippen molar-refractivity contribution in [3.05, 3.63) is 0 Å². The summed E-state index contributed by atoms with van der Waals surface area (Å²) in [5.41, 5.74) is -0.609. The molecule has 5 rings (SSSR count). The van der Waals surface area contributed by atoms with Gasteiger partial charge in [-0.3, -0.25) is 4.79 Å². The number of rotatable bonds is 6. The van der Waals surface area contributed by atoms with E-state index in [1.54, 1.807) is 0 Å². The maximum Gasteiger partial charge on any atom is 0.311 e. The first-order valence-corrected chi connectivity index (χ1v) is 11.7. The van der Waals surface area contributed by atoms with Crippen LogP contribution in [0.15, 0.2) is 0 Å². The highest BCUT2D eigenvalue weighted by molar-refractivity contribution is 5.72. The van der Waals surface area contributed by atoms with Gasteiger partial charge in [0.15, 0.2) is 11.9 Å². The zero-order chi connectivity index (χ0) is 20.8. The first kappa shape index (κ1) is 21.5. The third-order valence-electron chi connectivity index (χ3n) is 7.94. The summed E-state index contributed by atoms with van der Waals surface area (Å²) in [7, 11) is 0. The van der Waals surface area contributed by atoms with Crippen LogP contribution < -0.4 is 0 Å². The van der Waals surface area contributed by atoms with Gasteiger partial charge in [-0.1, -0.05) is 40.5 Å². The molecule has 0 aromatic carbocycles. The van der Waals surface area contributed by atoms with Crippen LogP contribution in [0.2, 0.25) is 0 Å². The van der Waals surface area contributed by atoms with E-state index >= 15 is 0 Å². The van der Waals surface area contributed by atoms with Gasteiger partial charge in [-0.25, -0.2) is 9.78 Å². The van der Waals surface area contributed by atoms with Gasteiger partial charge in [0.1, 0.15) is 0 Å². The second-order valence-electron chi connectivity index (χ2n) is 9.98. The summed E-state index contributed by atoms with van der Waals surface area (Å²) in [5, 5.41) is 0. The van der Waals surface area contributed by atoms with E-state index in [9.17, 15) is 4.79 Å². The largest absolute Gasteiger partial charge is 0.435 e. The molecule has 29 heavy (non-hydrogen) atoms. The molecule has 1 aliphatic carbocycles. The summed E-state index contributed by atoms with van der Waals surface area (Å²) in [6, 6.07) is 0. The van der Waals surface area contributed by atoms with Crippen LogP contribution in [0.3, 0.4) is 0 Å². The predicted molar refractivity (Wildman–Crippen MR) is 106 cm³/mol. The Morgan fingerprint density at radius 1 is 1.07 bits per heavy atom. The van der Waals surface area contributed by atoms with E-state index in [1.165, 1.54) is 0 Å². The van der Waals surface area contributed by atoms with Crippen LogP contribution in [0, 0.1) is 29.6 Å². The van der Waals surface area contributed by atoms with E-state index in [0.717, 1.165) is 51.4 Å². The van der Waals surface area contributed by atoms with Gasteiger partial charge < -0.3 is 14.2 Å². The Hall–Kier alpha value is -0.690. The topological polar surface area (TPSA) is 63.2 Å². The Kier molecular flexibility index (Phi) is 6.02. The van der Waals surface area contributed by atoms with Crippen molar-refractivity contribution in [1.82, 2.24) is 0 Å². The number of fused-ring (bicyclic) bond motifs is 2. The molecule has 4 heterocycles. The number of ether oxygens (including phenoxy) is 3. The summed E-state index contributed by atoms with van der Waals surface area (Å²) in [6.45, 7) is 10.6. The van der Waals surface area contributed by atoms with Gasteiger partial charge in [-0.05, 0) is 50.9 Å². The molecule has 6 heteroatoms. The first-order chi connectivity index (χ1) is 13.8. The number of carbonyl (C=O) groups is 1. The van der Waals surface area contributed by atoms with Gasteiger partial charge in [0.2, 0.25) is 12.1 Å². The standard InChI is InChI=1S/C23H38O6/c1-6-8-16(9-7-2)19(24)25-20-15(4)18-11-10-14(3)17-12-13-22(5)27-21(26-20)23(17,18)29-28-22/h14-18,20-21H,6-13H2,1-5H3/t14-,15-,17+,18+,20+,21-,22-,23-/m1/s1. The predicted octanol–water partition coefficient (Wildman–Crippen LogP) is 4.95.